The van der Waals surface area contributed by atoms with Gasteiger partial charge in [0.05, 0.1) is 0 Å². The molecule has 0 fully saturated rings. The molecule has 0 aliphatic rings. The SMILES string of the molecule is Cc1cc(C)c(C)c(Oc2ccc(C=O)cc2F)c1. The summed E-state index contributed by atoms with van der Waals surface area (Å²) >= 11 is 0. The fourth-order valence-electron chi connectivity index (χ4n) is 1.90. The third-order valence-electron chi connectivity index (χ3n) is 3.08. The lowest BCUT2D eigenvalue weighted by Gasteiger charge is -2.12. The van der Waals surface area contributed by atoms with E-state index < -0.39 is 5.82 Å². The van der Waals surface area contributed by atoms with Gasteiger partial charge in [-0.25, -0.2) is 4.39 Å². The largest absolute Gasteiger partial charge is 0.454 e. The maximum Gasteiger partial charge on any atom is 0.166 e. The molecule has 2 aromatic carbocycles. The summed E-state index contributed by atoms with van der Waals surface area (Å²) in [6.45, 7) is 5.88. The Morgan fingerprint density at radius 3 is 2.42 bits per heavy atom. The average molecular weight is 258 g/mol. The first-order chi connectivity index (χ1) is 9.01. The average Bonchev–Trinajstić information content (AvgIpc) is 2.37. The maximum absolute atomic E-state index is 13.8. The van der Waals surface area contributed by atoms with Crippen molar-refractivity contribution in [2.24, 2.45) is 0 Å². The molecule has 0 spiro atoms. The first-order valence-electron chi connectivity index (χ1n) is 6.01. The number of carbonyl (C=O) groups excluding carboxylic acids is 1. The van der Waals surface area contributed by atoms with Crippen molar-refractivity contribution >= 4 is 6.29 Å². The van der Waals surface area contributed by atoms with Gasteiger partial charge in [0.1, 0.15) is 12.0 Å². The predicted octanol–water partition coefficient (Wildman–Crippen LogP) is 4.36. The first-order valence-corrected chi connectivity index (χ1v) is 6.01. The second-order valence-corrected chi connectivity index (χ2v) is 4.61. The zero-order valence-corrected chi connectivity index (χ0v) is 11.2. The summed E-state index contributed by atoms with van der Waals surface area (Å²) < 4.78 is 19.4. The van der Waals surface area contributed by atoms with E-state index in [2.05, 4.69) is 0 Å². The number of hydrogen-bond donors (Lipinski definition) is 0. The maximum atomic E-state index is 13.8. The molecule has 2 nitrogen and oxygen atoms in total. The molecule has 0 radical (unpaired) electrons. The molecule has 0 amide bonds. The van der Waals surface area contributed by atoms with Crippen LogP contribution in [0.5, 0.6) is 11.5 Å². The Bertz CT molecular complexity index is 633. The molecule has 0 saturated carbocycles. The van der Waals surface area contributed by atoms with Crippen molar-refractivity contribution < 1.29 is 13.9 Å². The van der Waals surface area contributed by atoms with E-state index in [9.17, 15) is 9.18 Å². The Morgan fingerprint density at radius 1 is 1.05 bits per heavy atom. The van der Waals surface area contributed by atoms with Gasteiger partial charge in [-0.3, -0.25) is 4.79 Å². The summed E-state index contributed by atoms with van der Waals surface area (Å²) in [5, 5.41) is 0. The van der Waals surface area contributed by atoms with Gasteiger partial charge >= 0.3 is 0 Å². The molecule has 0 saturated heterocycles. The summed E-state index contributed by atoms with van der Waals surface area (Å²) in [6, 6.07) is 8.09. The smallest absolute Gasteiger partial charge is 0.166 e. The zero-order chi connectivity index (χ0) is 14.0. The van der Waals surface area contributed by atoms with Gasteiger partial charge in [-0.2, -0.15) is 0 Å². The quantitative estimate of drug-likeness (QED) is 0.765. The van der Waals surface area contributed by atoms with Gasteiger partial charge < -0.3 is 4.74 Å². The van der Waals surface area contributed by atoms with E-state index in [0.717, 1.165) is 16.7 Å². The van der Waals surface area contributed by atoms with Crippen LogP contribution >= 0.6 is 0 Å². The van der Waals surface area contributed by atoms with Gasteiger partial charge in [0.15, 0.2) is 11.6 Å². The molecule has 2 rings (SSSR count). The molecular formula is C16H15FO2. The topological polar surface area (TPSA) is 26.3 Å². The number of rotatable bonds is 3. The van der Waals surface area contributed by atoms with Crippen molar-refractivity contribution in [3.63, 3.8) is 0 Å². The number of carbonyl (C=O) groups is 1. The molecule has 0 aliphatic carbocycles. The summed E-state index contributed by atoms with van der Waals surface area (Å²) in [7, 11) is 0. The molecule has 0 bridgehead atoms. The predicted molar refractivity (Wildman–Crippen MR) is 72.5 cm³/mol. The van der Waals surface area contributed by atoms with E-state index in [0.29, 0.717) is 17.6 Å². The highest BCUT2D eigenvalue weighted by molar-refractivity contribution is 5.75. The fourth-order valence-corrected chi connectivity index (χ4v) is 1.90. The molecule has 0 aliphatic heterocycles. The van der Waals surface area contributed by atoms with Gasteiger partial charge in [0.2, 0.25) is 0 Å². The second-order valence-electron chi connectivity index (χ2n) is 4.61. The summed E-state index contributed by atoms with van der Waals surface area (Å²) in [4.78, 5) is 10.6. The summed E-state index contributed by atoms with van der Waals surface area (Å²) in [6.07, 6.45) is 0.606. The van der Waals surface area contributed by atoms with Crippen LogP contribution in [0.25, 0.3) is 0 Å². The first kappa shape index (κ1) is 13.3. The van der Waals surface area contributed by atoms with Crippen LogP contribution in [0.2, 0.25) is 0 Å². The highest BCUT2D eigenvalue weighted by Crippen LogP contribution is 2.30. The molecule has 3 heteroatoms. The molecule has 0 heterocycles. The molecule has 0 aromatic heterocycles. The van der Waals surface area contributed by atoms with E-state index in [1.54, 1.807) is 0 Å². The van der Waals surface area contributed by atoms with Crippen molar-refractivity contribution in [2.75, 3.05) is 0 Å². The molecular weight excluding hydrogens is 243 g/mol. The van der Waals surface area contributed by atoms with Crippen LogP contribution < -0.4 is 4.74 Å². The number of halogens is 1. The fraction of sp³-hybridized carbons (Fsp3) is 0.188. The Labute approximate surface area is 111 Å². The lowest BCUT2D eigenvalue weighted by molar-refractivity contribution is 0.112. The molecule has 0 atom stereocenters. The minimum atomic E-state index is -0.539. The highest BCUT2D eigenvalue weighted by atomic mass is 19.1. The summed E-state index contributed by atoms with van der Waals surface area (Å²) in [5.41, 5.74) is 3.43. The Morgan fingerprint density at radius 2 is 1.79 bits per heavy atom. The van der Waals surface area contributed by atoms with Crippen LogP contribution in [0.1, 0.15) is 27.0 Å². The third kappa shape index (κ3) is 2.81. The van der Waals surface area contributed by atoms with E-state index in [1.807, 2.05) is 32.9 Å². The van der Waals surface area contributed by atoms with E-state index in [1.165, 1.54) is 18.2 Å². The number of benzene rings is 2. The molecule has 19 heavy (non-hydrogen) atoms. The monoisotopic (exact) mass is 258 g/mol. The molecule has 98 valence electrons. The van der Waals surface area contributed by atoms with Crippen molar-refractivity contribution in [2.45, 2.75) is 20.8 Å². The van der Waals surface area contributed by atoms with Crippen molar-refractivity contribution in [3.05, 3.63) is 58.4 Å². The third-order valence-corrected chi connectivity index (χ3v) is 3.08. The molecule has 0 unspecified atom stereocenters. The standard InChI is InChI=1S/C16H15FO2/c1-10-6-11(2)12(3)16(7-10)19-15-5-4-13(9-18)8-14(15)17/h4-9H,1-3H3. The zero-order valence-electron chi connectivity index (χ0n) is 11.2. The minimum absolute atomic E-state index is 0.124. The van der Waals surface area contributed by atoms with Crippen LogP contribution in [-0.2, 0) is 0 Å². The number of hydrogen-bond acceptors (Lipinski definition) is 2. The molecule has 2 aromatic rings. The van der Waals surface area contributed by atoms with Crippen LogP contribution in [0.15, 0.2) is 30.3 Å². The van der Waals surface area contributed by atoms with Gasteiger partial charge in [0, 0.05) is 5.56 Å². The van der Waals surface area contributed by atoms with Gasteiger partial charge in [-0.15, -0.1) is 0 Å². The molecule has 0 N–H and O–H groups in total. The van der Waals surface area contributed by atoms with Gasteiger partial charge in [-0.05, 0) is 61.7 Å². The Hall–Kier alpha value is -2.16. The van der Waals surface area contributed by atoms with Crippen LogP contribution in [0.4, 0.5) is 4.39 Å². The lowest BCUT2D eigenvalue weighted by Crippen LogP contribution is -1.94. The van der Waals surface area contributed by atoms with Crippen molar-refractivity contribution in [3.8, 4) is 11.5 Å². The minimum Gasteiger partial charge on any atom is -0.454 e. The van der Waals surface area contributed by atoms with Crippen LogP contribution in [0, 0.1) is 26.6 Å². The Balaban J connectivity index is 2.39. The van der Waals surface area contributed by atoms with Crippen molar-refractivity contribution in [1.82, 2.24) is 0 Å². The van der Waals surface area contributed by atoms with Crippen LogP contribution in [0.3, 0.4) is 0 Å². The van der Waals surface area contributed by atoms with E-state index in [4.69, 9.17) is 4.74 Å². The lowest BCUT2D eigenvalue weighted by atomic mass is 10.1. The number of aldehydes is 1. The number of ether oxygens (including phenoxy) is 1. The van der Waals surface area contributed by atoms with E-state index >= 15 is 0 Å². The van der Waals surface area contributed by atoms with Crippen LogP contribution in [-0.4, -0.2) is 6.29 Å². The second kappa shape index (κ2) is 5.22. The van der Waals surface area contributed by atoms with Gasteiger partial charge in [0.25, 0.3) is 0 Å². The van der Waals surface area contributed by atoms with E-state index in [-0.39, 0.29) is 5.75 Å². The number of aryl methyl sites for hydroxylation is 2. The highest BCUT2D eigenvalue weighted by Gasteiger charge is 2.09. The van der Waals surface area contributed by atoms with Gasteiger partial charge in [-0.1, -0.05) is 6.07 Å². The normalized spacial score (nSPS) is 10.3. The Kier molecular flexibility index (Phi) is 3.65. The van der Waals surface area contributed by atoms with Crippen molar-refractivity contribution in [1.29, 1.82) is 0 Å². The summed E-state index contributed by atoms with van der Waals surface area (Å²) in [5.74, 6) is 0.220.